The maximum absolute atomic E-state index is 9.10. The number of ether oxygens (including phenoxy) is 1. The standard InChI is InChI=1S/C11H22O2S/c1-9-5-4-6-14-10(9)13-8-11(2,3)7-12/h9-10,12H,4-8H2,1-3H3. The van der Waals surface area contributed by atoms with Gasteiger partial charge in [-0.15, -0.1) is 11.8 Å². The Bertz CT molecular complexity index is 171. The Morgan fingerprint density at radius 2 is 2.21 bits per heavy atom. The van der Waals surface area contributed by atoms with Gasteiger partial charge in [-0.3, -0.25) is 0 Å². The third kappa shape index (κ3) is 3.79. The van der Waals surface area contributed by atoms with Gasteiger partial charge in [0.25, 0.3) is 0 Å². The van der Waals surface area contributed by atoms with Crippen LogP contribution in [0.15, 0.2) is 0 Å². The number of rotatable bonds is 4. The van der Waals surface area contributed by atoms with E-state index in [-0.39, 0.29) is 12.0 Å². The zero-order valence-corrected chi connectivity index (χ0v) is 10.3. The van der Waals surface area contributed by atoms with Crippen molar-refractivity contribution >= 4 is 11.8 Å². The molecule has 1 heterocycles. The molecule has 3 heteroatoms. The molecular weight excluding hydrogens is 196 g/mol. The summed E-state index contributed by atoms with van der Waals surface area (Å²) in [6.07, 6.45) is 2.59. The molecule has 0 aromatic heterocycles. The Kier molecular flexibility index (Phi) is 4.74. The lowest BCUT2D eigenvalue weighted by atomic mass is 9.96. The maximum atomic E-state index is 9.10. The molecule has 0 aromatic rings. The fourth-order valence-corrected chi connectivity index (χ4v) is 2.67. The van der Waals surface area contributed by atoms with Crippen LogP contribution in [0.5, 0.6) is 0 Å². The molecule has 2 atom stereocenters. The molecule has 0 amide bonds. The van der Waals surface area contributed by atoms with E-state index in [4.69, 9.17) is 9.84 Å². The first-order valence-electron chi connectivity index (χ1n) is 5.39. The zero-order valence-electron chi connectivity index (χ0n) is 9.45. The highest BCUT2D eigenvalue weighted by atomic mass is 32.2. The Labute approximate surface area is 91.4 Å². The topological polar surface area (TPSA) is 29.5 Å². The molecule has 1 aliphatic heterocycles. The largest absolute Gasteiger partial charge is 0.396 e. The van der Waals surface area contributed by atoms with E-state index >= 15 is 0 Å². The summed E-state index contributed by atoms with van der Waals surface area (Å²) < 4.78 is 5.85. The Hall–Kier alpha value is 0.270. The van der Waals surface area contributed by atoms with E-state index in [1.165, 1.54) is 18.6 Å². The molecule has 14 heavy (non-hydrogen) atoms. The molecular formula is C11H22O2S. The second-order valence-electron chi connectivity index (χ2n) is 4.99. The lowest BCUT2D eigenvalue weighted by Crippen LogP contribution is -2.30. The van der Waals surface area contributed by atoms with Gasteiger partial charge in [0.15, 0.2) is 0 Å². The third-order valence-corrected chi connectivity index (χ3v) is 4.07. The Morgan fingerprint density at radius 3 is 2.79 bits per heavy atom. The summed E-state index contributed by atoms with van der Waals surface area (Å²) in [6, 6.07) is 0. The Morgan fingerprint density at radius 1 is 1.50 bits per heavy atom. The first-order valence-corrected chi connectivity index (χ1v) is 6.44. The van der Waals surface area contributed by atoms with Crippen molar-refractivity contribution in [1.29, 1.82) is 0 Å². The molecule has 1 aliphatic rings. The van der Waals surface area contributed by atoms with Gasteiger partial charge in [0, 0.05) is 5.41 Å². The van der Waals surface area contributed by atoms with Crippen molar-refractivity contribution in [3.8, 4) is 0 Å². The molecule has 1 fully saturated rings. The quantitative estimate of drug-likeness (QED) is 0.786. The van der Waals surface area contributed by atoms with Crippen LogP contribution >= 0.6 is 11.8 Å². The van der Waals surface area contributed by atoms with Crippen molar-refractivity contribution in [3.05, 3.63) is 0 Å². The first kappa shape index (κ1) is 12.3. The van der Waals surface area contributed by atoms with Crippen LogP contribution in [-0.4, -0.2) is 29.5 Å². The summed E-state index contributed by atoms with van der Waals surface area (Å²) in [5.74, 6) is 1.87. The molecule has 84 valence electrons. The van der Waals surface area contributed by atoms with Crippen LogP contribution in [-0.2, 0) is 4.74 Å². The van der Waals surface area contributed by atoms with E-state index in [0.29, 0.717) is 18.0 Å². The molecule has 0 bridgehead atoms. The van der Waals surface area contributed by atoms with E-state index in [1.54, 1.807) is 0 Å². The molecule has 0 aliphatic carbocycles. The molecule has 0 spiro atoms. The summed E-state index contributed by atoms with van der Waals surface area (Å²) in [6.45, 7) is 7.17. The molecule has 1 saturated heterocycles. The van der Waals surface area contributed by atoms with Crippen LogP contribution in [0, 0.1) is 11.3 Å². The van der Waals surface area contributed by atoms with Crippen molar-refractivity contribution < 1.29 is 9.84 Å². The zero-order chi connectivity index (χ0) is 10.6. The van der Waals surface area contributed by atoms with Gasteiger partial charge in [-0.25, -0.2) is 0 Å². The number of thioether (sulfide) groups is 1. The lowest BCUT2D eigenvalue weighted by molar-refractivity contribution is -0.00283. The number of aliphatic hydroxyl groups excluding tert-OH is 1. The second kappa shape index (κ2) is 5.38. The van der Waals surface area contributed by atoms with Crippen LogP contribution in [0.25, 0.3) is 0 Å². The number of aliphatic hydroxyl groups is 1. The van der Waals surface area contributed by atoms with Gasteiger partial charge in [-0.05, 0) is 24.5 Å². The monoisotopic (exact) mass is 218 g/mol. The van der Waals surface area contributed by atoms with Gasteiger partial charge in [0.2, 0.25) is 0 Å². The van der Waals surface area contributed by atoms with Gasteiger partial charge in [0.1, 0.15) is 5.44 Å². The summed E-state index contributed by atoms with van der Waals surface area (Å²) >= 11 is 1.92. The highest BCUT2D eigenvalue weighted by Crippen LogP contribution is 2.32. The van der Waals surface area contributed by atoms with Gasteiger partial charge in [-0.2, -0.15) is 0 Å². The molecule has 0 saturated carbocycles. The predicted molar refractivity (Wildman–Crippen MR) is 61.5 cm³/mol. The minimum atomic E-state index is -0.0995. The highest BCUT2D eigenvalue weighted by molar-refractivity contribution is 7.99. The van der Waals surface area contributed by atoms with Crippen LogP contribution in [0.3, 0.4) is 0 Å². The van der Waals surface area contributed by atoms with Crippen molar-refractivity contribution in [2.45, 2.75) is 39.0 Å². The fourth-order valence-electron chi connectivity index (χ4n) is 1.47. The number of hydrogen-bond donors (Lipinski definition) is 1. The van der Waals surface area contributed by atoms with Gasteiger partial charge in [0.05, 0.1) is 13.2 Å². The second-order valence-corrected chi connectivity index (χ2v) is 6.20. The molecule has 1 rings (SSSR count). The third-order valence-electron chi connectivity index (χ3n) is 2.62. The predicted octanol–water partition coefficient (Wildman–Crippen LogP) is 2.51. The maximum Gasteiger partial charge on any atom is 0.105 e. The fraction of sp³-hybridized carbons (Fsp3) is 1.00. The van der Waals surface area contributed by atoms with E-state index in [1.807, 2.05) is 25.6 Å². The normalized spacial score (nSPS) is 29.1. The van der Waals surface area contributed by atoms with Crippen molar-refractivity contribution in [3.63, 3.8) is 0 Å². The van der Waals surface area contributed by atoms with Crippen molar-refractivity contribution in [2.75, 3.05) is 19.0 Å². The van der Waals surface area contributed by atoms with E-state index in [2.05, 4.69) is 6.92 Å². The first-order chi connectivity index (χ1) is 6.55. The van der Waals surface area contributed by atoms with Crippen molar-refractivity contribution in [1.82, 2.24) is 0 Å². The van der Waals surface area contributed by atoms with Crippen LogP contribution in [0.2, 0.25) is 0 Å². The summed E-state index contributed by atoms with van der Waals surface area (Å²) in [5.41, 5.74) is 0.243. The summed E-state index contributed by atoms with van der Waals surface area (Å²) in [5, 5.41) is 9.10. The molecule has 2 nitrogen and oxygen atoms in total. The summed E-state index contributed by atoms with van der Waals surface area (Å²) in [4.78, 5) is 0. The van der Waals surface area contributed by atoms with Crippen LogP contribution in [0.1, 0.15) is 33.6 Å². The van der Waals surface area contributed by atoms with Gasteiger partial charge >= 0.3 is 0 Å². The van der Waals surface area contributed by atoms with Crippen LogP contribution in [0.4, 0.5) is 0 Å². The summed E-state index contributed by atoms with van der Waals surface area (Å²) in [7, 11) is 0. The molecule has 1 N–H and O–H groups in total. The SMILES string of the molecule is CC1CCCSC1OCC(C)(C)CO. The van der Waals surface area contributed by atoms with Crippen molar-refractivity contribution in [2.24, 2.45) is 11.3 Å². The van der Waals surface area contributed by atoms with E-state index in [9.17, 15) is 0 Å². The minimum absolute atomic E-state index is 0.0995. The Balaban J connectivity index is 2.29. The average Bonchev–Trinajstić information content (AvgIpc) is 2.17. The van der Waals surface area contributed by atoms with Gasteiger partial charge < -0.3 is 9.84 Å². The lowest BCUT2D eigenvalue weighted by Gasteiger charge is -2.31. The minimum Gasteiger partial charge on any atom is -0.396 e. The van der Waals surface area contributed by atoms with E-state index < -0.39 is 0 Å². The van der Waals surface area contributed by atoms with Gasteiger partial charge in [-0.1, -0.05) is 20.8 Å². The number of hydrogen-bond acceptors (Lipinski definition) is 3. The van der Waals surface area contributed by atoms with Crippen LogP contribution < -0.4 is 0 Å². The smallest absolute Gasteiger partial charge is 0.105 e. The molecule has 2 unspecified atom stereocenters. The molecule has 0 radical (unpaired) electrons. The molecule has 0 aromatic carbocycles. The average molecular weight is 218 g/mol. The van der Waals surface area contributed by atoms with E-state index in [0.717, 1.165) is 0 Å². The highest BCUT2D eigenvalue weighted by Gasteiger charge is 2.25.